The molecule has 5 nitrogen and oxygen atoms in total. The summed E-state index contributed by atoms with van der Waals surface area (Å²) < 4.78 is 5.34. The number of aliphatic hydroxyl groups excluding tert-OH is 1. The predicted octanol–water partition coefficient (Wildman–Crippen LogP) is 0.327. The van der Waals surface area contributed by atoms with Crippen LogP contribution in [0.25, 0.3) is 0 Å². The molecule has 1 aromatic rings. The molecule has 1 aliphatic heterocycles. The molecule has 0 aromatic carbocycles. The summed E-state index contributed by atoms with van der Waals surface area (Å²) in [5.41, 5.74) is 0. The second-order valence-electron chi connectivity index (χ2n) is 3.34. The molecule has 1 aliphatic rings. The Hall–Kier alpha value is -0.910. The Labute approximate surface area is 92.6 Å². The molecular weight excluding hydrogens is 218 g/mol. The van der Waals surface area contributed by atoms with Crippen LogP contribution < -0.4 is 4.90 Å². The SMILES string of the molecule is OC[C@@H]1CN(c2ccc(Cl)nn2)CCO1. The molecule has 0 amide bonds. The number of hydrogen-bond donors (Lipinski definition) is 1. The minimum atomic E-state index is -0.142. The van der Waals surface area contributed by atoms with Crippen molar-refractivity contribution in [2.24, 2.45) is 0 Å². The molecule has 2 heterocycles. The summed E-state index contributed by atoms with van der Waals surface area (Å²) in [6.45, 7) is 2.01. The van der Waals surface area contributed by atoms with Crippen LogP contribution in [0.5, 0.6) is 0 Å². The summed E-state index contributed by atoms with van der Waals surface area (Å²) in [5, 5.41) is 17.1. The first-order chi connectivity index (χ1) is 7.29. The summed E-state index contributed by atoms with van der Waals surface area (Å²) >= 11 is 5.65. The van der Waals surface area contributed by atoms with Crippen molar-refractivity contribution in [2.45, 2.75) is 6.10 Å². The topological polar surface area (TPSA) is 58.5 Å². The Kier molecular flexibility index (Phi) is 3.35. The highest BCUT2D eigenvalue weighted by atomic mass is 35.5. The van der Waals surface area contributed by atoms with E-state index < -0.39 is 0 Å². The van der Waals surface area contributed by atoms with Gasteiger partial charge in [0.15, 0.2) is 11.0 Å². The van der Waals surface area contributed by atoms with Crippen LogP contribution in [0.4, 0.5) is 5.82 Å². The third-order valence-electron chi connectivity index (χ3n) is 2.28. The van der Waals surface area contributed by atoms with Crippen LogP contribution in [0.15, 0.2) is 12.1 Å². The molecule has 0 unspecified atom stereocenters. The van der Waals surface area contributed by atoms with Crippen molar-refractivity contribution in [1.82, 2.24) is 10.2 Å². The molecular formula is C9H12ClN3O2. The Morgan fingerprint density at radius 2 is 2.40 bits per heavy atom. The number of aliphatic hydroxyl groups is 1. The number of halogens is 1. The number of aromatic nitrogens is 2. The van der Waals surface area contributed by atoms with Crippen LogP contribution in [0, 0.1) is 0 Å². The smallest absolute Gasteiger partial charge is 0.151 e. The number of anilines is 1. The van der Waals surface area contributed by atoms with Crippen LogP contribution in [0.1, 0.15) is 0 Å². The van der Waals surface area contributed by atoms with Crippen molar-refractivity contribution in [1.29, 1.82) is 0 Å². The Bertz CT molecular complexity index is 320. The van der Waals surface area contributed by atoms with Crippen molar-refractivity contribution in [3.8, 4) is 0 Å². The van der Waals surface area contributed by atoms with Gasteiger partial charge in [0.1, 0.15) is 0 Å². The maximum absolute atomic E-state index is 8.99. The second kappa shape index (κ2) is 4.74. The van der Waals surface area contributed by atoms with E-state index >= 15 is 0 Å². The van der Waals surface area contributed by atoms with Gasteiger partial charge in [-0.3, -0.25) is 0 Å². The molecule has 1 N–H and O–H groups in total. The number of rotatable bonds is 2. The minimum absolute atomic E-state index is 0.0253. The molecule has 0 bridgehead atoms. The highest BCUT2D eigenvalue weighted by molar-refractivity contribution is 6.29. The van der Waals surface area contributed by atoms with Crippen molar-refractivity contribution in [2.75, 3.05) is 31.2 Å². The predicted molar refractivity (Wildman–Crippen MR) is 56.1 cm³/mol. The normalized spacial score (nSPS) is 21.7. The lowest BCUT2D eigenvalue weighted by Gasteiger charge is -2.32. The molecule has 0 aliphatic carbocycles. The molecule has 1 aromatic heterocycles. The number of hydrogen-bond acceptors (Lipinski definition) is 5. The standard InChI is InChI=1S/C9H12ClN3O2/c10-8-1-2-9(12-11-8)13-3-4-15-7(5-13)6-14/h1-2,7,14H,3-6H2/t7-/m0/s1. The molecule has 0 spiro atoms. The third kappa shape index (κ3) is 2.56. The first-order valence-corrected chi connectivity index (χ1v) is 5.14. The number of morpholine rings is 1. The van der Waals surface area contributed by atoms with E-state index in [4.69, 9.17) is 21.4 Å². The van der Waals surface area contributed by atoms with Gasteiger partial charge in [-0.25, -0.2) is 0 Å². The zero-order valence-corrected chi connectivity index (χ0v) is 8.89. The van der Waals surface area contributed by atoms with E-state index in [9.17, 15) is 0 Å². The van der Waals surface area contributed by atoms with Gasteiger partial charge in [-0.1, -0.05) is 11.6 Å². The first kappa shape index (κ1) is 10.6. The van der Waals surface area contributed by atoms with Gasteiger partial charge in [0, 0.05) is 13.1 Å². The van der Waals surface area contributed by atoms with E-state index in [0.717, 1.165) is 12.4 Å². The Morgan fingerprint density at radius 1 is 1.53 bits per heavy atom. The van der Waals surface area contributed by atoms with Gasteiger partial charge in [0.2, 0.25) is 0 Å². The molecule has 82 valence electrons. The fraction of sp³-hybridized carbons (Fsp3) is 0.556. The number of nitrogens with zero attached hydrogens (tertiary/aromatic N) is 3. The maximum Gasteiger partial charge on any atom is 0.151 e. The van der Waals surface area contributed by atoms with Gasteiger partial charge in [-0.15, -0.1) is 10.2 Å². The summed E-state index contributed by atoms with van der Waals surface area (Å²) in [6.07, 6.45) is -0.142. The quantitative estimate of drug-likeness (QED) is 0.792. The van der Waals surface area contributed by atoms with Crippen molar-refractivity contribution in [3.05, 3.63) is 17.3 Å². The van der Waals surface area contributed by atoms with Gasteiger partial charge in [0.25, 0.3) is 0 Å². The Morgan fingerprint density at radius 3 is 3.07 bits per heavy atom. The summed E-state index contributed by atoms with van der Waals surface area (Å²) in [7, 11) is 0. The molecule has 6 heteroatoms. The van der Waals surface area contributed by atoms with Crippen LogP contribution in [-0.4, -0.2) is 47.7 Å². The molecule has 2 rings (SSSR count). The van der Waals surface area contributed by atoms with Crippen LogP contribution >= 0.6 is 11.6 Å². The molecule has 15 heavy (non-hydrogen) atoms. The second-order valence-corrected chi connectivity index (χ2v) is 3.72. The Balaban J connectivity index is 2.06. The minimum Gasteiger partial charge on any atom is -0.394 e. The van der Waals surface area contributed by atoms with Gasteiger partial charge in [-0.2, -0.15) is 0 Å². The molecule has 0 saturated carbocycles. The van der Waals surface area contributed by atoms with Crippen molar-refractivity contribution >= 4 is 17.4 Å². The number of ether oxygens (including phenoxy) is 1. The average Bonchev–Trinajstić information content (AvgIpc) is 2.30. The van der Waals surface area contributed by atoms with E-state index in [-0.39, 0.29) is 12.7 Å². The summed E-state index contributed by atoms with van der Waals surface area (Å²) in [6, 6.07) is 3.52. The first-order valence-electron chi connectivity index (χ1n) is 4.76. The summed E-state index contributed by atoms with van der Waals surface area (Å²) in [5.74, 6) is 0.765. The largest absolute Gasteiger partial charge is 0.394 e. The lowest BCUT2D eigenvalue weighted by Crippen LogP contribution is -2.44. The van der Waals surface area contributed by atoms with Crippen molar-refractivity contribution < 1.29 is 9.84 Å². The van der Waals surface area contributed by atoms with Gasteiger partial charge < -0.3 is 14.7 Å². The van der Waals surface area contributed by atoms with E-state index in [2.05, 4.69) is 10.2 Å². The molecule has 0 radical (unpaired) electrons. The third-order valence-corrected chi connectivity index (χ3v) is 2.49. The molecule has 1 atom stereocenters. The summed E-state index contributed by atoms with van der Waals surface area (Å²) in [4.78, 5) is 2.02. The van der Waals surface area contributed by atoms with Gasteiger partial charge in [0.05, 0.1) is 19.3 Å². The van der Waals surface area contributed by atoms with E-state index in [1.54, 1.807) is 6.07 Å². The zero-order chi connectivity index (χ0) is 10.7. The zero-order valence-electron chi connectivity index (χ0n) is 8.14. The van der Waals surface area contributed by atoms with Crippen LogP contribution in [0.2, 0.25) is 5.15 Å². The highest BCUT2D eigenvalue weighted by Gasteiger charge is 2.20. The van der Waals surface area contributed by atoms with Gasteiger partial charge >= 0.3 is 0 Å². The maximum atomic E-state index is 8.99. The fourth-order valence-corrected chi connectivity index (χ4v) is 1.62. The monoisotopic (exact) mass is 229 g/mol. The van der Waals surface area contributed by atoms with Crippen molar-refractivity contribution in [3.63, 3.8) is 0 Å². The lowest BCUT2D eigenvalue weighted by molar-refractivity contribution is 0.00332. The van der Waals surface area contributed by atoms with E-state index in [1.165, 1.54) is 0 Å². The lowest BCUT2D eigenvalue weighted by atomic mass is 10.3. The van der Waals surface area contributed by atoms with E-state index in [1.807, 2.05) is 11.0 Å². The van der Waals surface area contributed by atoms with Gasteiger partial charge in [-0.05, 0) is 12.1 Å². The fourth-order valence-electron chi connectivity index (χ4n) is 1.52. The van der Waals surface area contributed by atoms with E-state index in [0.29, 0.717) is 18.3 Å². The van der Waals surface area contributed by atoms with Crippen LogP contribution in [0.3, 0.4) is 0 Å². The average molecular weight is 230 g/mol. The highest BCUT2D eigenvalue weighted by Crippen LogP contribution is 2.15. The van der Waals surface area contributed by atoms with Crippen LogP contribution in [-0.2, 0) is 4.74 Å². The molecule has 1 fully saturated rings. The molecule has 1 saturated heterocycles.